The first kappa shape index (κ1) is 19.3. The van der Waals surface area contributed by atoms with Crippen molar-refractivity contribution < 1.29 is 9.59 Å². The maximum absolute atomic E-state index is 12.8. The van der Waals surface area contributed by atoms with Crippen LogP contribution in [0.15, 0.2) is 77.3 Å². The molecule has 2 aromatic rings. The molecule has 27 heavy (non-hydrogen) atoms. The van der Waals surface area contributed by atoms with Gasteiger partial charge in [-0.3, -0.25) is 9.59 Å². The normalized spacial score (nSPS) is 17.9. The van der Waals surface area contributed by atoms with Crippen LogP contribution in [0.2, 0.25) is 0 Å². The molecule has 0 aliphatic carbocycles. The highest BCUT2D eigenvalue weighted by atomic mass is 79.9. The van der Waals surface area contributed by atoms with Crippen molar-refractivity contribution in [1.29, 1.82) is 0 Å². The van der Waals surface area contributed by atoms with Gasteiger partial charge < -0.3 is 4.90 Å². The molecule has 0 N–H and O–H groups in total. The molecule has 1 fully saturated rings. The van der Waals surface area contributed by atoms with Crippen LogP contribution in [0.4, 0.5) is 0 Å². The van der Waals surface area contributed by atoms with E-state index < -0.39 is 0 Å². The Morgan fingerprint density at radius 1 is 0.963 bits per heavy atom. The second-order valence-corrected chi connectivity index (χ2v) is 7.76. The quantitative estimate of drug-likeness (QED) is 0.486. The first-order valence-corrected chi connectivity index (χ1v) is 9.87. The standard InChI is InChI=1S/C23H22BrNO2/c1-17(24)20(18-9-4-2-5-10-18)14-15-22(26)21-13-8-16-25(21)23(27)19-11-6-3-7-12-19/h2-7,9-12,14-15,21H,8,13,16H2,1H3. The van der Waals surface area contributed by atoms with Crippen LogP contribution in [0.1, 0.15) is 35.7 Å². The topological polar surface area (TPSA) is 37.4 Å². The van der Waals surface area contributed by atoms with Gasteiger partial charge in [0.25, 0.3) is 5.91 Å². The zero-order chi connectivity index (χ0) is 19.2. The van der Waals surface area contributed by atoms with Gasteiger partial charge in [-0.1, -0.05) is 64.5 Å². The number of ketones is 1. The molecule has 0 bridgehead atoms. The Labute approximate surface area is 168 Å². The highest BCUT2D eigenvalue weighted by Gasteiger charge is 2.33. The lowest BCUT2D eigenvalue weighted by Gasteiger charge is -2.22. The third-order valence-electron chi connectivity index (χ3n) is 4.73. The van der Waals surface area contributed by atoms with Gasteiger partial charge in [-0.25, -0.2) is 0 Å². The van der Waals surface area contributed by atoms with E-state index in [1.807, 2.05) is 61.5 Å². The van der Waals surface area contributed by atoms with Crippen LogP contribution in [-0.4, -0.2) is 29.2 Å². The second-order valence-electron chi connectivity index (χ2n) is 6.57. The lowest BCUT2D eigenvalue weighted by Crippen LogP contribution is -2.39. The van der Waals surface area contributed by atoms with Crippen molar-refractivity contribution in [3.05, 3.63) is 88.4 Å². The number of hydrogen-bond acceptors (Lipinski definition) is 2. The number of carbonyl (C=O) groups is 2. The summed E-state index contributed by atoms with van der Waals surface area (Å²) in [5, 5.41) is 0. The number of allylic oxidation sites excluding steroid dienone is 3. The van der Waals surface area contributed by atoms with E-state index in [1.54, 1.807) is 23.1 Å². The predicted octanol–water partition coefficient (Wildman–Crippen LogP) is 5.24. The van der Waals surface area contributed by atoms with Crippen LogP contribution in [0.25, 0.3) is 5.57 Å². The molecule has 1 aliphatic heterocycles. The third-order valence-corrected chi connectivity index (χ3v) is 5.16. The lowest BCUT2D eigenvalue weighted by atomic mass is 10.0. The minimum atomic E-state index is -0.387. The van der Waals surface area contributed by atoms with Crippen LogP contribution in [0.5, 0.6) is 0 Å². The zero-order valence-electron chi connectivity index (χ0n) is 15.3. The molecular formula is C23H22BrNO2. The minimum absolute atomic E-state index is 0.0287. The van der Waals surface area contributed by atoms with Gasteiger partial charge in [0.1, 0.15) is 0 Å². The molecule has 4 heteroatoms. The van der Waals surface area contributed by atoms with Gasteiger partial charge in [0.15, 0.2) is 5.78 Å². The molecule has 1 aliphatic rings. The molecule has 1 atom stereocenters. The van der Waals surface area contributed by atoms with E-state index in [4.69, 9.17) is 0 Å². The van der Waals surface area contributed by atoms with Gasteiger partial charge in [0.05, 0.1) is 6.04 Å². The smallest absolute Gasteiger partial charge is 0.254 e. The van der Waals surface area contributed by atoms with Crippen LogP contribution in [-0.2, 0) is 4.79 Å². The Morgan fingerprint density at radius 3 is 2.15 bits per heavy atom. The first-order chi connectivity index (χ1) is 13.1. The number of carbonyl (C=O) groups excluding carboxylic acids is 2. The van der Waals surface area contributed by atoms with Crippen molar-refractivity contribution in [2.45, 2.75) is 25.8 Å². The van der Waals surface area contributed by atoms with Gasteiger partial charge >= 0.3 is 0 Å². The second kappa shape index (κ2) is 8.96. The van der Waals surface area contributed by atoms with E-state index in [0.29, 0.717) is 18.5 Å². The largest absolute Gasteiger partial charge is 0.328 e. The minimum Gasteiger partial charge on any atom is -0.328 e. The van der Waals surface area contributed by atoms with Crippen LogP contribution < -0.4 is 0 Å². The van der Waals surface area contributed by atoms with Crippen molar-refractivity contribution in [3.8, 4) is 0 Å². The van der Waals surface area contributed by atoms with Gasteiger partial charge in [0.2, 0.25) is 0 Å². The fourth-order valence-electron chi connectivity index (χ4n) is 3.36. The maximum atomic E-state index is 12.8. The van der Waals surface area contributed by atoms with Gasteiger partial charge in [-0.15, -0.1) is 0 Å². The molecule has 1 heterocycles. The van der Waals surface area contributed by atoms with Crippen LogP contribution in [0.3, 0.4) is 0 Å². The Morgan fingerprint density at radius 2 is 1.56 bits per heavy atom. The molecule has 1 amide bonds. The SMILES string of the molecule is CC(Br)=C(C=CC(=O)C1CCCN1C(=O)c1ccccc1)c1ccccc1. The van der Waals surface area contributed by atoms with E-state index in [2.05, 4.69) is 15.9 Å². The van der Waals surface area contributed by atoms with E-state index in [-0.39, 0.29) is 17.7 Å². The molecular weight excluding hydrogens is 402 g/mol. The zero-order valence-corrected chi connectivity index (χ0v) is 16.9. The van der Waals surface area contributed by atoms with Crippen molar-refractivity contribution in [2.75, 3.05) is 6.54 Å². The number of halogens is 1. The molecule has 3 rings (SSSR count). The summed E-state index contributed by atoms with van der Waals surface area (Å²) in [6.45, 7) is 2.58. The summed E-state index contributed by atoms with van der Waals surface area (Å²) >= 11 is 3.53. The highest BCUT2D eigenvalue weighted by Crippen LogP contribution is 2.25. The molecule has 1 unspecified atom stereocenters. The van der Waals surface area contributed by atoms with Crippen molar-refractivity contribution in [3.63, 3.8) is 0 Å². The highest BCUT2D eigenvalue weighted by molar-refractivity contribution is 9.11. The summed E-state index contributed by atoms with van der Waals surface area (Å²) < 4.78 is 0.960. The van der Waals surface area contributed by atoms with Crippen LogP contribution in [0, 0.1) is 0 Å². The summed E-state index contributed by atoms with van der Waals surface area (Å²) in [4.78, 5) is 27.3. The molecule has 0 radical (unpaired) electrons. The van der Waals surface area contributed by atoms with Gasteiger partial charge in [-0.05, 0) is 59.7 Å². The molecule has 0 aromatic heterocycles. The van der Waals surface area contributed by atoms with E-state index >= 15 is 0 Å². The first-order valence-electron chi connectivity index (χ1n) is 9.07. The number of rotatable bonds is 5. The van der Waals surface area contributed by atoms with Crippen molar-refractivity contribution in [2.24, 2.45) is 0 Å². The van der Waals surface area contributed by atoms with E-state index in [9.17, 15) is 9.59 Å². The fraction of sp³-hybridized carbons (Fsp3) is 0.217. The monoisotopic (exact) mass is 423 g/mol. The summed E-state index contributed by atoms with van der Waals surface area (Å²) in [6, 6.07) is 18.7. The third kappa shape index (κ3) is 4.64. The average Bonchev–Trinajstić information content (AvgIpc) is 3.18. The Balaban J connectivity index is 1.77. The molecule has 3 nitrogen and oxygen atoms in total. The number of nitrogens with zero attached hydrogens (tertiary/aromatic N) is 1. The van der Waals surface area contributed by atoms with Gasteiger partial charge in [0, 0.05) is 12.1 Å². The number of amides is 1. The predicted molar refractivity (Wildman–Crippen MR) is 113 cm³/mol. The van der Waals surface area contributed by atoms with E-state index in [0.717, 1.165) is 22.0 Å². The van der Waals surface area contributed by atoms with Crippen molar-refractivity contribution >= 4 is 33.2 Å². The number of hydrogen-bond donors (Lipinski definition) is 0. The summed E-state index contributed by atoms with van der Waals surface area (Å²) in [5.74, 6) is -0.102. The number of benzene rings is 2. The molecule has 0 spiro atoms. The summed E-state index contributed by atoms with van der Waals surface area (Å²) in [5.41, 5.74) is 2.63. The molecule has 0 saturated carbocycles. The molecule has 2 aromatic carbocycles. The fourth-order valence-corrected chi connectivity index (χ4v) is 3.72. The maximum Gasteiger partial charge on any atom is 0.254 e. The van der Waals surface area contributed by atoms with E-state index in [1.165, 1.54) is 0 Å². The lowest BCUT2D eigenvalue weighted by molar-refractivity contribution is -0.118. The Kier molecular flexibility index (Phi) is 6.40. The Hall–Kier alpha value is -2.46. The Bertz CT molecular complexity index is 868. The summed E-state index contributed by atoms with van der Waals surface area (Å²) in [7, 11) is 0. The summed E-state index contributed by atoms with van der Waals surface area (Å²) in [6.07, 6.45) is 5.00. The number of likely N-dealkylation sites (tertiary alicyclic amines) is 1. The molecule has 1 saturated heterocycles. The average molecular weight is 424 g/mol. The van der Waals surface area contributed by atoms with Crippen LogP contribution >= 0.6 is 15.9 Å². The molecule has 138 valence electrons. The van der Waals surface area contributed by atoms with Crippen molar-refractivity contribution in [1.82, 2.24) is 4.90 Å². The van der Waals surface area contributed by atoms with Gasteiger partial charge in [-0.2, -0.15) is 0 Å².